The van der Waals surface area contributed by atoms with Crippen LogP contribution in [0.25, 0.3) is 0 Å². The zero-order valence-corrected chi connectivity index (χ0v) is 8.17. The molecule has 0 aromatic carbocycles. The molecular formula is C6H13N3O3S. The molecule has 0 saturated carbocycles. The van der Waals surface area contributed by atoms with E-state index in [0.717, 1.165) is 0 Å². The van der Waals surface area contributed by atoms with Gasteiger partial charge in [0, 0.05) is 13.1 Å². The fourth-order valence-electron chi connectivity index (χ4n) is 1.35. The number of nitrogens with zero attached hydrogens (tertiary/aromatic N) is 1. The maximum absolute atomic E-state index is 11.1. The van der Waals surface area contributed by atoms with E-state index in [1.165, 1.54) is 11.9 Å². The van der Waals surface area contributed by atoms with Crippen LogP contribution in [-0.4, -0.2) is 43.9 Å². The fraction of sp³-hybridized carbons (Fsp3) is 0.833. The van der Waals surface area contributed by atoms with Crippen molar-refractivity contribution in [2.75, 3.05) is 18.6 Å². The lowest BCUT2D eigenvalue weighted by molar-refractivity contribution is 0.195. The van der Waals surface area contributed by atoms with Crippen LogP contribution in [0.1, 0.15) is 6.42 Å². The first-order chi connectivity index (χ1) is 5.96. The number of hydrogen-bond donors (Lipinski definition) is 2. The average molecular weight is 207 g/mol. The average Bonchev–Trinajstić information content (AvgIpc) is 2.43. The van der Waals surface area contributed by atoms with Crippen LogP contribution < -0.4 is 11.3 Å². The Morgan fingerprint density at radius 2 is 2.23 bits per heavy atom. The molecule has 1 saturated heterocycles. The van der Waals surface area contributed by atoms with Crippen LogP contribution in [-0.2, 0) is 9.84 Å². The number of hydrazine groups is 1. The summed E-state index contributed by atoms with van der Waals surface area (Å²) in [5.41, 5.74) is 1.96. The molecular weight excluding hydrogens is 194 g/mol. The number of hydrogen-bond acceptors (Lipinski definition) is 4. The van der Waals surface area contributed by atoms with Gasteiger partial charge in [0.1, 0.15) is 0 Å². The molecule has 1 heterocycles. The lowest BCUT2D eigenvalue weighted by Gasteiger charge is -2.22. The topological polar surface area (TPSA) is 92.5 Å². The largest absolute Gasteiger partial charge is 0.331 e. The van der Waals surface area contributed by atoms with Crippen molar-refractivity contribution >= 4 is 15.9 Å². The summed E-state index contributed by atoms with van der Waals surface area (Å²) in [4.78, 5) is 12.3. The molecule has 1 aliphatic heterocycles. The molecule has 0 aromatic heterocycles. The Morgan fingerprint density at radius 1 is 1.62 bits per heavy atom. The maximum atomic E-state index is 11.1. The minimum Gasteiger partial charge on any atom is -0.323 e. The third kappa shape index (κ3) is 2.31. The fourth-order valence-corrected chi connectivity index (χ4v) is 3.12. The van der Waals surface area contributed by atoms with Gasteiger partial charge in [0.2, 0.25) is 0 Å². The summed E-state index contributed by atoms with van der Waals surface area (Å²) in [6, 6.07) is -0.698. The predicted octanol–water partition coefficient (Wildman–Crippen LogP) is -1.31. The molecule has 2 amide bonds. The van der Waals surface area contributed by atoms with Gasteiger partial charge in [-0.25, -0.2) is 19.1 Å². The zero-order valence-electron chi connectivity index (χ0n) is 7.36. The molecule has 0 radical (unpaired) electrons. The van der Waals surface area contributed by atoms with Crippen LogP contribution in [0.5, 0.6) is 0 Å². The van der Waals surface area contributed by atoms with Crippen molar-refractivity contribution in [1.29, 1.82) is 0 Å². The summed E-state index contributed by atoms with van der Waals surface area (Å²) in [5, 5.41) is 0. The first-order valence-electron chi connectivity index (χ1n) is 3.90. The van der Waals surface area contributed by atoms with Crippen molar-refractivity contribution in [3.63, 3.8) is 0 Å². The first-order valence-corrected chi connectivity index (χ1v) is 5.72. The van der Waals surface area contributed by atoms with Gasteiger partial charge in [-0.2, -0.15) is 0 Å². The van der Waals surface area contributed by atoms with Gasteiger partial charge in [-0.3, -0.25) is 5.43 Å². The molecule has 13 heavy (non-hydrogen) atoms. The molecule has 1 fully saturated rings. The molecule has 1 rings (SSSR count). The van der Waals surface area contributed by atoms with Crippen LogP contribution in [0, 0.1) is 0 Å². The molecule has 1 aliphatic rings. The minimum atomic E-state index is -2.94. The van der Waals surface area contributed by atoms with Crippen LogP contribution in [0.15, 0.2) is 0 Å². The van der Waals surface area contributed by atoms with E-state index in [0.29, 0.717) is 6.42 Å². The van der Waals surface area contributed by atoms with Gasteiger partial charge in [0.15, 0.2) is 9.84 Å². The summed E-state index contributed by atoms with van der Waals surface area (Å²) in [6.45, 7) is 0. The first kappa shape index (κ1) is 10.3. The quantitative estimate of drug-likeness (QED) is 0.317. The Morgan fingerprint density at radius 3 is 2.62 bits per heavy atom. The number of amides is 2. The summed E-state index contributed by atoms with van der Waals surface area (Å²) in [6.07, 6.45) is 0.492. The van der Waals surface area contributed by atoms with Crippen molar-refractivity contribution in [3.8, 4) is 0 Å². The molecule has 1 unspecified atom stereocenters. The minimum absolute atomic E-state index is 0.0386. The standard InChI is InChI=1S/C6H13N3O3S/c1-9(6(10)8-7)5-2-3-13(11,12)4-5/h5H,2-4,7H2,1H3,(H,8,10). The summed E-state index contributed by atoms with van der Waals surface area (Å²) in [5.74, 6) is 5.11. The summed E-state index contributed by atoms with van der Waals surface area (Å²) in [7, 11) is -1.41. The van der Waals surface area contributed by atoms with E-state index in [9.17, 15) is 13.2 Å². The van der Waals surface area contributed by atoms with Crippen molar-refractivity contribution in [2.24, 2.45) is 5.84 Å². The molecule has 7 heteroatoms. The molecule has 0 aliphatic carbocycles. The van der Waals surface area contributed by atoms with Gasteiger partial charge >= 0.3 is 6.03 Å². The Hall–Kier alpha value is -0.820. The SMILES string of the molecule is CN(C(=O)NN)C1CCS(=O)(=O)C1. The van der Waals surface area contributed by atoms with Crippen LogP contribution in [0.2, 0.25) is 0 Å². The second-order valence-corrected chi connectivity index (χ2v) is 5.35. The highest BCUT2D eigenvalue weighted by Crippen LogP contribution is 2.16. The second-order valence-electron chi connectivity index (χ2n) is 3.12. The predicted molar refractivity (Wildman–Crippen MR) is 47.5 cm³/mol. The molecule has 1 atom stereocenters. The van der Waals surface area contributed by atoms with Crippen molar-refractivity contribution in [1.82, 2.24) is 10.3 Å². The highest BCUT2D eigenvalue weighted by Gasteiger charge is 2.32. The highest BCUT2D eigenvalue weighted by atomic mass is 32.2. The van der Waals surface area contributed by atoms with E-state index in [2.05, 4.69) is 0 Å². The Kier molecular flexibility index (Phi) is 2.77. The molecule has 6 nitrogen and oxygen atoms in total. The molecule has 3 N–H and O–H groups in total. The number of nitrogens with one attached hydrogen (secondary N) is 1. The number of sulfone groups is 1. The van der Waals surface area contributed by atoms with Crippen LogP contribution in [0.4, 0.5) is 4.79 Å². The smallest absolute Gasteiger partial charge is 0.323 e. The van der Waals surface area contributed by atoms with Crippen LogP contribution in [0.3, 0.4) is 0 Å². The number of nitrogens with two attached hydrogens (primary N) is 1. The highest BCUT2D eigenvalue weighted by molar-refractivity contribution is 7.91. The van der Waals surface area contributed by atoms with Gasteiger partial charge in [-0.05, 0) is 6.42 Å². The van der Waals surface area contributed by atoms with E-state index < -0.39 is 15.9 Å². The number of rotatable bonds is 1. The zero-order chi connectivity index (χ0) is 10.1. The molecule has 76 valence electrons. The lowest BCUT2D eigenvalue weighted by Crippen LogP contribution is -2.46. The number of urea groups is 1. The van der Waals surface area contributed by atoms with Crippen LogP contribution >= 0.6 is 0 Å². The van der Waals surface area contributed by atoms with E-state index >= 15 is 0 Å². The Balaban J connectivity index is 2.61. The Labute approximate surface area is 77.0 Å². The molecule has 0 bridgehead atoms. The monoisotopic (exact) mass is 207 g/mol. The van der Waals surface area contributed by atoms with E-state index in [1.54, 1.807) is 0 Å². The van der Waals surface area contributed by atoms with E-state index in [1.807, 2.05) is 5.43 Å². The molecule has 0 aromatic rings. The number of carbonyl (C=O) groups excluding carboxylic acids is 1. The van der Waals surface area contributed by atoms with Crippen molar-refractivity contribution in [2.45, 2.75) is 12.5 Å². The normalized spacial score (nSPS) is 25.5. The van der Waals surface area contributed by atoms with Gasteiger partial charge in [-0.15, -0.1) is 0 Å². The third-order valence-corrected chi connectivity index (χ3v) is 3.95. The van der Waals surface area contributed by atoms with Gasteiger partial charge in [0.05, 0.1) is 11.5 Å². The van der Waals surface area contributed by atoms with E-state index in [-0.39, 0.29) is 17.5 Å². The lowest BCUT2D eigenvalue weighted by atomic mass is 10.2. The Bertz CT molecular complexity index is 300. The van der Waals surface area contributed by atoms with Gasteiger partial charge in [-0.1, -0.05) is 0 Å². The second kappa shape index (κ2) is 3.51. The van der Waals surface area contributed by atoms with E-state index in [4.69, 9.17) is 5.84 Å². The summed E-state index contributed by atoms with van der Waals surface area (Å²) >= 11 is 0. The maximum Gasteiger partial charge on any atom is 0.331 e. The summed E-state index contributed by atoms with van der Waals surface area (Å²) < 4.78 is 22.1. The van der Waals surface area contributed by atoms with Crippen molar-refractivity contribution in [3.05, 3.63) is 0 Å². The van der Waals surface area contributed by atoms with Crippen molar-refractivity contribution < 1.29 is 13.2 Å². The number of carbonyl (C=O) groups is 1. The van der Waals surface area contributed by atoms with Gasteiger partial charge in [0.25, 0.3) is 0 Å². The third-order valence-electron chi connectivity index (χ3n) is 2.20. The van der Waals surface area contributed by atoms with Gasteiger partial charge < -0.3 is 4.90 Å². The molecule has 0 spiro atoms.